The molecule has 0 saturated heterocycles. The number of anilines is 1. The van der Waals surface area contributed by atoms with E-state index in [1.807, 2.05) is 31.2 Å². The van der Waals surface area contributed by atoms with Crippen LogP contribution in [0.3, 0.4) is 0 Å². The maximum absolute atomic E-state index is 13.8. The Hall–Kier alpha value is -2.66. The van der Waals surface area contributed by atoms with Gasteiger partial charge in [0.05, 0.1) is 16.4 Å². The van der Waals surface area contributed by atoms with Crippen LogP contribution in [0.5, 0.6) is 0 Å². The number of halogens is 2. The Morgan fingerprint density at radius 1 is 1.22 bits per heavy atom. The zero-order valence-electron chi connectivity index (χ0n) is 12.2. The van der Waals surface area contributed by atoms with E-state index in [0.717, 1.165) is 11.1 Å². The molecule has 6 heteroatoms. The summed E-state index contributed by atoms with van der Waals surface area (Å²) in [6.45, 7) is 1.99. The summed E-state index contributed by atoms with van der Waals surface area (Å²) in [6.07, 6.45) is 0. The highest BCUT2D eigenvalue weighted by atomic mass is 35.5. The Balaban J connectivity index is 1.81. The minimum absolute atomic E-state index is 0.0222. The molecule has 3 aromatic rings. The lowest BCUT2D eigenvalue weighted by molar-refractivity contribution is 0.102. The lowest BCUT2D eigenvalue weighted by atomic mass is 10.1. The van der Waals surface area contributed by atoms with Gasteiger partial charge in [0, 0.05) is 5.56 Å². The van der Waals surface area contributed by atoms with Crippen LogP contribution in [0, 0.1) is 12.7 Å². The average Bonchev–Trinajstić information content (AvgIpc) is 3.02. The van der Waals surface area contributed by atoms with Crippen molar-refractivity contribution in [3.8, 4) is 11.3 Å². The zero-order valence-corrected chi connectivity index (χ0v) is 13.0. The number of amides is 1. The predicted molar refractivity (Wildman–Crippen MR) is 88.1 cm³/mol. The molecule has 0 aliphatic heterocycles. The zero-order chi connectivity index (χ0) is 16.4. The van der Waals surface area contributed by atoms with Gasteiger partial charge < -0.3 is 5.32 Å². The molecule has 23 heavy (non-hydrogen) atoms. The number of nitrogens with zero attached hydrogens (tertiary/aromatic N) is 1. The van der Waals surface area contributed by atoms with Crippen LogP contribution in [-0.4, -0.2) is 16.1 Å². The highest BCUT2D eigenvalue weighted by Crippen LogP contribution is 2.23. The number of nitrogens with one attached hydrogen (secondary N) is 2. The van der Waals surface area contributed by atoms with Crippen molar-refractivity contribution in [1.29, 1.82) is 0 Å². The van der Waals surface area contributed by atoms with Crippen molar-refractivity contribution in [2.24, 2.45) is 0 Å². The van der Waals surface area contributed by atoms with Crippen LogP contribution in [0.4, 0.5) is 10.1 Å². The smallest absolute Gasteiger partial charge is 0.273 e. The molecule has 0 fully saturated rings. The first-order valence-corrected chi connectivity index (χ1v) is 7.30. The Morgan fingerprint density at radius 2 is 1.96 bits per heavy atom. The van der Waals surface area contributed by atoms with E-state index in [1.54, 1.807) is 12.1 Å². The molecule has 2 aromatic carbocycles. The quantitative estimate of drug-likeness (QED) is 0.746. The van der Waals surface area contributed by atoms with Crippen molar-refractivity contribution in [2.75, 3.05) is 5.32 Å². The molecular formula is C17H13ClFN3O. The van der Waals surface area contributed by atoms with E-state index in [-0.39, 0.29) is 16.4 Å². The molecule has 0 aliphatic carbocycles. The van der Waals surface area contributed by atoms with Crippen LogP contribution in [0.15, 0.2) is 48.5 Å². The topological polar surface area (TPSA) is 57.8 Å². The Kier molecular flexibility index (Phi) is 4.12. The van der Waals surface area contributed by atoms with Gasteiger partial charge in [0.2, 0.25) is 0 Å². The summed E-state index contributed by atoms with van der Waals surface area (Å²) in [7, 11) is 0. The maximum atomic E-state index is 13.8. The minimum Gasteiger partial charge on any atom is -0.318 e. The van der Waals surface area contributed by atoms with Gasteiger partial charge in [-0.15, -0.1) is 0 Å². The fraction of sp³-hybridized carbons (Fsp3) is 0.0588. The second-order valence-corrected chi connectivity index (χ2v) is 5.50. The molecule has 2 N–H and O–H groups in total. The molecule has 0 unspecified atom stereocenters. The average molecular weight is 330 g/mol. The molecule has 0 aliphatic rings. The number of aryl methyl sites for hydroxylation is 1. The first-order chi connectivity index (χ1) is 11.0. The van der Waals surface area contributed by atoms with Crippen molar-refractivity contribution in [2.45, 2.75) is 6.92 Å². The van der Waals surface area contributed by atoms with Crippen LogP contribution >= 0.6 is 11.6 Å². The van der Waals surface area contributed by atoms with Crippen LogP contribution in [-0.2, 0) is 0 Å². The second-order valence-electron chi connectivity index (χ2n) is 5.09. The molecule has 116 valence electrons. The molecular weight excluding hydrogens is 317 g/mol. The maximum Gasteiger partial charge on any atom is 0.273 e. The highest BCUT2D eigenvalue weighted by molar-refractivity contribution is 6.31. The first-order valence-electron chi connectivity index (χ1n) is 6.92. The normalized spacial score (nSPS) is 10.6. The van der Waals surface area contributed by atoms with E-state index in [1.165, 1.54) is 12.1 Å². The molecule has 1 heterocycles. The number of hydrogen-bond donors (Lipinski definition) is 2. The number of carbonyl (C=O) groups is 1. The Labute approximate surface area is 137 Å². The van der Waals surface area contributed by atoms with Gasteiger partial charge in [-0.25, -0.2) is 4.39 Å². The molecule has 4 nitrogen and oxygen atoms in total. The fourth-order valence-corrected chi connectivity index (χ4v) is 2.27. The van der Waals surface area contributed by atoms with Crippen molar-refractivity contribution in [3.05, 3.63) is 70.6 Å². The van der Waals surface area contributed by atoms with Gasteiger partial charge in [-0.1, -0.05) is 47.5 Å². The summed E-state index contributed by atoms with van der Waals surface area (Å²) >= 11 is 5.69. The Bertz CT molecular complexity index is 859. The first kappa shape index (κ1) is 15.2. The summed E-state index contributed by atoms with van der Waals surface area (Å²) in [6, 6.07) is 13.8. The predicted octanol–water partition coefficient (Wildman–Crippen LogP) is 4.43. The third-order valence-corrected chi connectivity index (χ3v) is 3.66. The number of benzene rings is 2. The van der Waals surface area contributed by atoms with Crippen LogP contribution < -0.4 is 5.32 Å². The molecule has 0 spiro atoms. The lowest BCUT2D eigenvalue weighted by Gasteiger charge is -2.05. The van der Waals surface area contributed by atoms with Gasteiger partial charge in [-0.3, -0.25) is 9.89 Å². The van der Waals surface area contributed by atoms with E-state index < -0.39 is 11.7 Å². The summed E-state index contributed by atoms with van der Waals surface area (Å²) in [5, 5.41) is 9.19. The number of aromatic amines is 1. The summed E-state index contributed by atoms with van der Waals surface area (Å²) < 4.78 is 13.8. The summed E-state index contributed by atoms with van der Waals surface area (Å²) in [5.74, 6) is -1.15. The van der Waals surface area contributed by atoms with E-state index in [0.29, 0.717) is 5.69 Å². The molecule has 0 saturated carbocycles. The SMILES string of the molecule is Cc1ccc(-c2cc(C(=O)Nc3cccc(Cl)c3F)[nH]n2)cc1. The molecule has 0 radical (unpaired) electrons. The van der Waals surface area contributed by atoms with Crippen LogP contribution in [0.2, 0.25) is 5.02 Å². The number of carbonyl (C=O) groups excluding carboxylic acids is 1. The van der Waals surface area contributed by atoms with Crippen molar-refractivity contribution < 1.29 is 9.18 Å². The third kappa shape index (κ3) is 3.24. The summed E-state index contributed by atoms with van der Waals surface area (Å²) in [5.41, 5.74) is 2.93. The Morgan fingerprint density at radius 3 is 2.70 bits per heavy atom. The van der Waals surface area contributed by atoms with Crippen molar-refractivity contribution in [3.63, 3.8) is 0 Å². The minimum atomic E-state index is -0.666. The molecule has 1 amide bonds. The van der Waals surface area contributed by atoms with Crippen LogP contribution in [0.1, 0.15) is 16.1 Å². The molecule has 1 aromatic heterocycles. The van der Waals surface area contributed by atoms with Crippen molar-refractivity contribution >= 4 is 23.2 Å². The van der Waals surface area contributed by atoms with Gasteiger partial charge in [0.1, 0.15) is 5.69 Å². The van der Waals surface area contributed by atoms with Gasteiger partial charge in [0.15, 0.2) is 5.82 Å². The van der Waals surface area contributed by atoms with E-state index in [2.05, 4.69) is 15.5 Å². The third-order valence-electron chi connectivity index (χ3n) is 3.37. The van der Waals surface area contributed by atoms with Crippen LogP contribution in [0.25, 0.3) is 11.3 Å². The van der Waals surface area contributed by atoms with Gasteiger partial charge in [-0.05, 0) is 25.1 Å². The number of hydrogen-bond acceptors (Lipinski definition) is 2. The molecule has 3 rings (SSSR count). The standard InChI is InChI=1S/C17H13ClFN3O/c1-10-5-7-11(8-6-10)14-9-15(22-21-14)17(23)20-13-4-2-3-12(18)16(13)19/h2-9H,1H3,(H,20,23)(H,21,22). The van der Waals surface area contributed by atoms with Gasteiger partial charge >= 0.3 is 0 Å². The molecule has 0 atom stereocenters. The second kappa shape index (κ2) is 6.22. The number of aromatic nitrogens is 2. The fourth-order valence-electron chi connectivity index (χ4n) is 2.10. The largest absolute Gasteiger partial charge is 0.318 e. The molecule has 0 bridgehead atoms. The van der Waals surface area contributed by atoms with E-state index in [9.17, 15) is 9.18 Å². The number of H-pyrrole nitrogens is 1. The number of rotatable bonds is 3. The lowest BCUT2D eigenvalue weighted by Crippen LogP contribution is -2.13. The van der Waals surface area contributed by atoms with Crippen molar-refractivity contribution in [1.82, 2.24) is 10.2 Å². The monoisotopic (exact) mass is 329 g/mol. The van der Waals surface area contributed by atoms with Gasteiger partial charge in [0.25, 0.3) is 5.91 Å². The van der Waals surface area contributed by atoms with E-state index in [4.69, 9.17) is 11.6 Å². The van der Waals surface area contributed by atoms with E-state index >= 15 is 0 Å². The van der Waals surface area contributed by atoms with Gasteiger partial charge in [-0.2, -0.15) is 5.10 Å². The highest BCUT2D eigenvalue weighted by Gasteiger charge is 2.14. The summed E-state index contributed by atoms with van der Waals surface area (Å²) in [4.78, 5) is 12.2.